The van der Waals surface area contributed by atoms with Gasteiger partial charge in [0, 0.05) is 16.8 Å². The number of aromatic nitrogens is 1. The minimum Gasteiger partial charge on any atom is -0.345 e. The fourth-order valence-electron chi connectivity index (χ4n) is 5.49. The molecule has 2 bridgehead atoms. The largest absolute Gasteiger partial charge is 0.345 e. The molecule has 0 aliphatic heterocycles. The zero-order valence-electron chi connectivity index (χ0n) is 18.7. The summed E-state index contributed by atoms with van der Waals surface area (Å²) in [7, 11) is 0. The van der Waals surface area contributed by atoms with E-state index in [2.05, 4.69) is 22.5 Å². The van der Waals surface area contributed by atoms with Gasteiger partial charge in [-0.25, -0.2) is 4.98 Å². The third kappa shape index (κ3) is 6.28. The lowest BCUT2D eigenvalue weighted by Gasteiger charge is -2.40. The molecule has 29 heavy (non-hydrogen) atoms. The Bertz CT molecular complexity index is 661. The Hall–Kier alpha value is -1.42. The van der Waals surface area contributed by atoms with Crippen LogP contribution >= 0.6 is 0 Å². The first-order valence-corrected chi connectivity index (χ1v) is 12.1. The van der Waals surface area contributed by atoms with Gasteiger partial charge in [-0.15, -0.1) is 0 Å². The highest BCUT2D eigenvalue weighted by molar-refractivity contribution is 5.92. The van der Waals surface area contributed by atoms with Crippen molar-refractivity contribution in [3.63, 3.8) is 0 Å². The SMILES string of the molecule is CCCCCCCCCCN[C@]12CCC[C@](NC(=O)c3cccc(C)n3)(CC1)C2. The maximum atomic E-state index is 12.8. The number of nitrogens with one attached hydrogen (secondary N) is 2. The van der Waals surface area contributed by atoms with E-state index in [1.807, 2.05) is 25.1 Å². The van der Waals surface area contributed by atoms with Crippen LogP contribution in [0.3, 0.4) is 0 Å². The zero-order valence-corrected chi connectivity index (χ0v) is 18.7. The highest BCUT2D eigenvalue weighted by atomic mass is 16.2. The van der Waals surface area contributed by atoms with E-state index in [-0.39, 0.29) is 17.0 Å². The molecular formula is C25H41N3O. The lowest BCUT2D eigenvalue weighted by atomic mass is 9.78. The summed E-state index contributed by atoms with van der Waals surface area (Å²) in [5.41, 5.74) is 1.65. The summed E-state index contributed by atoms with van der Waals surface area (Å²) in [5.74, 6) is -0.00512. The normalized spacial score (nSPS) is 25.9. The van der Waals surface area contributed by atoms with Gasteiger partial charge in [-0.05, 0) is 70.5 Å². The molecule has 1 heterocycles. The van der Waals surface area contributed by atoms with Gasteiger partial charge < -0.3 is 10.6 Å². The van der Waals surface area contributed by atoms with Gasteiger partial charge in [-0.1, -0.05) is 57.9 Å². The molecule has 0 saturated heterocycles. The Kier molecular flexibility index (Phi) is 8.11. The Balaban J connectivity index is 1.41. The molecule has 2 fully saturated rings. The molecule has 0 aromatic carbocycles. The molecule has 2 atom stereocenters. The highest BCUT2D eigenvalue weighted by Crippen LogP contribution is 2.48. The summed E-state index contributed by atoms with van der Waals surface area (Å²) >= 11 is 0. The van der Waals surface area contributed by atoms with Gasteiger partial charge >= 0.3 is 0 Å². The minimum atomic E-state index is -0.0347. The number of hydrogen-bond donors (Lipinski definition) is 2. The molecule has 2 saturated carbocycles. The Morgan fingerprint density at radius 2 is 1.66 bits per heavy atom. The van der Waals surface area contributed by atoms with Crippen molar-refractivity contribution in [2.75, 3.05) is 6.54 Å². The van der Waals surface area contributed by atoms with E-state index in [0.29, 0.717) is 5.69 Å². The number of aryl methyl sites for hydroxylation is 1. The lowest BCUT2D eigenvalue weighted by Crippen LogP contribution is -2.54. The molecule has 1 aromatic heterocycles. The fraction of sp³-hybridized carbons (Fsp3) is 0.760. The minimum absolute atomic E-state index is 0.00512. The van der Waals surface area contributed by atoms with Crippen LogP contribution in [0.4, 0.5) is 0 Å². The van der Waals surface area contributed by atoms with Gasteiger partial charge in [0.25, 0.3) is 5.91 Å². The maximum Gasteiger partial charge on any atom is 0.270 e. The average molecular weight is 400 g/mol. The van der Waals surface area contributed by atoms with Crippen LogP contribution in [0.25, 0.3) is 0 Å². The molecule has 0 radical (unpaired) electrons. The molecule has 2 N–H and O–H groups in total. The number of fused-ring (bicyclic) bond motifs is 2. The number of rotatable bonds is 12. The Labute approximate surface area is 177 Å². The van der Waals surface area contributed by atoms with Gasteiger partial charge in [0.2, 0.25) is 0 Å². The van der Waals surface area contributed by atoms with Crippen LogP contribution < -0.4 is 10.6 Å². The third-order valence-corrected chi connectivity index (χ3v) is 7.10. The van der Waals surface area contributed by atoms with Crippen molar-refractivity contribution in [3.8, 4) is 0 Å². The Morgan fingerprint density at radius 1 is 0.966 bits per heavy atom. The Morgan fingerprint density at radius 3 is 2.41 bits per heavy atom. The summed E-state index contributed by atoms with van der Waals surface area (Å²) in [4.78, 5) is 17.2. The van der Waals surface area contributed by atoms with Gasteiger partial charge in [0.1, 0.15) is 5.69 Å². The summed E-state index contributed by atoms with van der Waals surface area (Å²) < 4.78 is 0. The quantitative estimate of drug-likeness (QED) is 0.444. The van der Waals surface area contributed by atoms with Crippen molar-refractivity contribution in [1.82, 2.24) is 15.6 Å². The molecule has 162 valence electrons. The molecule has 2 aliphatic carbocycles. The van der Waals surface area contributed by atoms with Crippen LogP contribution in [0, 0.1) is 6.92 Å². The first-order valence-electron chi connectivity index (χ1n) is 12.1. The fourth-order valence-corrected chi connectivity index (χ4v) is 5.49. The number of unbranched alkanes of at least 4 members (excludes halogenated alkanes) is 7. The van der Waals surface area contributed by atoms with Crippen LogP contribution in [0.1, 0.15) is 113 Å². The standard InChI is InChI=1S/C25H41N3O/c1-3-4-5-6-7-8-9-10-19-26-24-15-12-16-25(20-24,18-17-24)28-23(29)22-14-11-13-21(2)27-22/h11,13-14,26H,3-10,12,15-20H2,1-2H3,(H,28,29)/t24-,25+/m1/s1. The highest BCUT2D eigenvalue weighted by Gasteiger charge is 2.51. The van der Waals surface area contributed by atoms with Crippen molar-refractivity contribution in [3.05, 3.63) is 29.6 Å². The van der Waals surface area contributed by atoms with Gasteiger partial charge in [0.15, 0.2) is 0 Å². The monoisotopic (exact) mass is 399 g/mol. The molecule has 0 spiro atoms. The molecule has 2 aliphatic rings. The van der Waals surface area contributed by atoms with E-state index < -0.39 is 0 Å². The summed E-state index contributed by atoms with van der Waals surface area (Å²) in [6.07, 6.45) is 17.8. The summed E-state index contributed by atoms with van der Waals surface area (Å²) in [6.45, 7) is 5.34. The topological polar surface area (TPSA) is 54.0 Å². The molecule has 4 nitrogen and oxygen atoms in total. The second kappa shape index (κ2) is 10.6. The number of nitrogens with zero attached hydrogens (tertiary/aromatic N) is 1. The van der Waals surface area contributed by atoms with Crippen molar-refractivity contribution >= 4 is 5.91 Å². The number of pyridine rings is 1. The molecule has 0 unspecified atom stereocenters. The molecule has 3 rings (SSSR count). The van der Waals surface area contributed by atoms with Gasteiger partial charge in [0.05, 0.1) is 0 Å². The van der Waals surface area contributed by atoms with Crippen molar-refractivity contribution in [1.29, 1.82) is 0 Å². The van der Waals surface area contributed by atoms with E-state index in [1.165, 1.54) is 70.6 Å². The molecule has 1 aromatic rings. The summed E-state index contributed by atoms with van der Waals surface area (Å²) in [5, 5.41) is 7.30. The maximum absolute atomic E-state index is 12.8. The van der Waals surface area contributed by atoms with Crippen LogP contribution in [0.15, 0.2) is 18.2 Å². The average Bonchev–Trinajstić information content (AvgIpc) is 2.96. The number of amides is 1. The predicted molar refractivity (Wildman–Crippen MR) is 120 cm³/mol. The first-order chi connectivity index (χ1) is 14.1. The number of carbonyl (C=O) groups excluding carboxylic acids is 1. The van der Waals surface area contributed by atoms with Crippen LogP contribution in [0.5, 0.6) is 0 Å². The second-order valence-corrected chi connectivity index (χ2v) is 9.61. The van der Waals surface area contributed by atoms with E-state index in [0.717, 1.165) is 31.5 Å². The van der Waals surface area contributed by atoms with Gasteiger partial charge in [-0.2, -0.15) is 0 Å². The zero-order chi connectivity index (χ0) is 20.6. The van der Waals surface area contributed by atoms with E-state index in [1.54, 1.807) is 0 Å². The molecule has 1 amide bonds. The first kappa shape index (κ1) is 22.3. The second-order valence-electron chi connectivity index (χ2n) is 9.61. The predicted octanol–water partition coefficient (Wildman–Crippen LogP) is 5.70. The van der Waals surface area contributed by atoms with Crippen molar-refractivity contribution < 1.29 is 4.79 Å². The van der Waals surface area contributed by atoms with Crippen molar-refractivity contribution in [2.45, 2.75) is 115 Å². The number of carbonyl (C=O) groups is 1. The van der Waals surface area contributed by atoms with Crippen LogP contribution in [0.2, 0.25) is 0 Å². The molecule has 4 heteroatoms. The van der Waals surface area contributed by atoms with E-state index >= 15 is 0 Å². The smallest absolute Gasteiger partial charge is 0.270 e. The summed E-state index contributed by atoms with van der Waals surface area (Å²) in [6, 6.07) is 5.68. The number of hydrogen-bond acceptors (Lipinski definition) is 3. The van der Waals surface area contributed by atoms with Crippen molar-refractivity contribution in [2.24, 2.45) is 0 Å². The van der Waals surface area contributed by atoms with Gasteiger partial charge in [-0.3, -0.25) is 4.79 Å². The molecular weight excluding hydrogens is 358 g/mol. The van der Waals surface area contributed by atoms with E-state index in [4.69, 9.17) is 0 Å². The van der Waals surface area contributed by atoms with Crippen LogP contribution in [-0.2, 0) is 0 Å². The third-order valence-electron chi connectivity index (χ3n) is 7.10. The van der Waals surface area contributed by atoms with E-state index in [9.17, 15) is 4.79 Å². The lowest BCUT2D eigenvalue weighted by molar-refractivity contribution is 0.0864. The van der Waals surface area contributed by atoms with Crippen LogP contribution in [-0.4, -0.2) is 28.5 Å².